The van der Waals surface area contributed by atoms with Crippen LogP contribution >= 0.6 is 0 Å². The van der Waals surface area contributed by atoms with Crippen LogP contribution in [-0.2, 0) is 13.1 Å². The van der Waals surface area contributed by atoms with Crippen LogP contribution in [0.5, 0.6) is 11.6 Å². The number of anilines is 3. The quantitative estimate of drug-likeness (QED) is 0.135. The van der Waals surface area contributed by atoms with Crippen LogP contribution in [0.25, 0.3) is 23.6 Å². The number of nitrogens with zero attached hydrogens (tertiary/aromatic N) is 6. The Hall–Kier alpha value is -4.74. The number of piperazine rings is 1. The fourth-order valence-corrected chi connectivity index (χ4v) is 6.54. The number of rotatable bonds is 11. The van der Waals surface area contributed by atoms with Crippen LogP contribution in [-0.4, -0.2) is 69.8 Å². The van der Waals surface area contributed by atoms with Crippen molar-refractivity contribution in [3.63, 3.8) is 0 Å². The van der Waals surface area contributed by atoms with E-state index in [1.54, 1.807) is 12.1 Å². The van der Waals surface area contributed by atoms with Crippen LogP contribution in [0.4, 0.5) is 26.0 Å². The van der Waals surface area contributed by atoms with Gasteiger partial charge in [-0.15, -0.1) is 0 Å². The monoisotopic (exact) mass is 728 g/mol. The molecule has 1 aliphatic heterocycles. The summed E-state index contributed by atoms with van der Waals surface area (Å²) in [6.07, 6.45) is 4.53. The van der Waals surface area contributed by atoms with Crippen molar-refractivity contribution in [2.45, 2.75) is 74.9 Å². The SMILES string of the molecule is C=c1/c(=C/C)cc(C)n1CC.CCCNCC.CCN1CCN(c2ccc(Nc3ncnc(Oc4ccc5c(cc(C)n5CC)c4F)c3F)cc2)CC1. The van der Waals surface area contributed by atoms with Crippen LogP contribution in [0.1, 0.15) is 59.4 Å². The van der Waals surface area contributed by atoms with E-state index in [1.807, 2.05) is 49.6 Å². The Morgan fingerprint density at radius 2 is 1.51 bits per heavy atom. The van der Waals surface area contributed by atoms with Gasteiger partial charge in [0, 0.05) is 72.8 Å². The Kier molecular flexibility index (Phi) is 15.4. The fraction of sp³-hybridized carbons (Fsp3) is 0.429. The highest BCUT2D eigenvalue weighted by Gasteiger charge is 2.19. The Balaban J connectivity index is 0.000000305. The van der Waals surface area contributed by atoms with E-state index in [2.05, 4.69) is 88.3 Å². The number of fused-ring (bicyclic) bond motifs is 1. The zero-order valence-corrected chi connectivity index (χ0v) is 32.9. The standard InChI is InChI=1S/C27H30F2N6O.C10H15N.C5H13N/c1-4-33-12-14-34(15-13-33)20-8-6-19(7-9-20)32-26-25(29)27(31-17-30-26)36-23-11-10-22-21(24(23)28)16-18(3)35(22)5-2;1-5-10-7-8(3)11(6-2)9(10)4;1-3-5-6-4-2/h6-11,16-17H,4-5,12-15H2,1-3H3,(H,30,31,32);5,7H,4,6H2,1-3H3;6H,3-5H2,1-2H3/b;10-5+;. The molecule has 286 valence electrons. The Morgan fingerprint density at radius 3 is 2.06 bits per heavy atom. The van der Waals surface area contributed by atoms with Gasteiger partial charge in [0.25, 0.3) is 5.88 Å². The number of nitrogens with one attached hydrogen (secondary N) is 2. The molecule has 1 saturated heterocycles. The van der Waals surface area contributed by atoms with E-state index >= 15 is 8.78 Å². The van der Waals surface area contributed by atoms with Gasteiger partial charge in [0.1, 0.15) is 6.33 Å². The molecule has 0 saturated carbocycles. The number of likely N-dealkylation sites (N-methyl/N-ethyl adjacent to an activating group) is 1. The maximum atomic E-state index is 15.2. The van der Waals surface area contributed by atoms with Gasteiger partial charge >= 0.3 is 0 Å². The second-order valence-electron chi connectivity index (χ2n) is 13.0. The van der Waals surface area contributed by atoms with E-state index in [-0.39, 0.29) is 17.4 Å². The molecule has 0 atom stereocenters. The van der Waals surface area contributed by atoms with Gasteiger partial charge in [0.05, 0.1) is 5.52 Å². The van der Waals surface area contributed by atoms with E-state index in [4.69, 9.17) is 4.74 Å². The Morgan fingerprint density at radius 1 is 0.830 bits per heavy atom. The zero-order valence-electron chi connectivity index (χ0n) is 32.9. The van der Waals surface area contributed by atoms with E-state index in [0.717, 1.165) is 81.1 Å². The topological polar surface area (TPSA) is 75.4 Å². The molecule has 5 aromatic rings. The molecule has 0 aliphatic carbocycles. The van der Waals surface area contributed by atoms with E-state index < -0.39 is 11.6 Å². The molecule has 1 fully saturated rings. The van der Waals surface area contributed by atoms with Crippen molar-refractivity contribution in [1.82, 2.24) is 29.3 Å². The van der Waals surface area contributed by atoms with E-state index in [0.29, 0.717) is 11.1 Å². The highest BCUT2D eigenvalue weighted by atomic mass is 19.1. The molecular weight excluding hydrogens is 671 g/mol. The first-order chi connectivity index (χ1) is 25.6. The first kappa shape index (κ1) is 41.0. The average molecular weight is 729 g/mol. The third-order valence-electron chi connectivity index (χ3n) is 9.54. The summed E-state index contributed by atoms with van der Waals surface area (Å²) in [5.41, 5.74) is 4.81. The molecule has 11 heteroatoms. The van der Waals surface area contributed by atoms with Crippen LogP contribution in [0.2, 0.25) is 0 Å². The van der Waals surface area contributed by atoms with Crippen molar-refractivity contribution in [3.05, 3.63) is 88.4 Å². The lowest BCUT2D eigenvalue weighted by Gasteiger charge is -2.35. The first-order valence-electron chi connectivity index (χ1n) is 18.9. The number of ether oxygens (including phenoxy) is 1. The lowest BCUT2D eigenvalue weighted by molar-refractivity contribution is 0.271. The molecule has 1 aliphatic rings. The van der Waals surface area contributed by atoms with E-state index in [9.17, 15) is 0 Å². The van der Waals surface area contributed by atoms with Gasteiger partial charge in [-0.25, -0.2) is 9.37 Å². The highest BCUT2D eigenvalue weighted by Crippen LogP contribution is 2.33. The molecule has 53 heavy (non-hydrogen) atoms. The third kappa shape index (κ3) is 10.2. The second kappa shape index (κ2) is 19.9. The lowest BCUT2D eigenvalue weighted by Crippen LogP contribution is -2.46. The minimum absolute atomic E-state index is 0.0428. The number of hydrogen-bond donors (Lipinski definition) is 2. The van der Waals surface area contributed by atoms with Crippen LogP contribution in [0.3, 0.4) is 0 Å². The van der Waals surface area contributed by atoms with Gasteiger partial charge in [-0.3, -0.25) is 0 Å². The summed E-state index contributed by atoms with van der Waals surface area (Å²) in [7, 11) is 0. The Bertz CT molecular complexity index is 2010. The smallest absolute Gasteiger partial charge is 0.261 e. The summed E-state index contributed by atoms with van der Waals surface area (Å²) in [5, 5.41) is 8.99. The summed E-state index contributed by atoms with van der Waals surface area (Å²) in [6, 6.07) is 15.0. The minimum atomic E-state index is -0.793. The molecular formula is C42H58F2N8O. The molecule has 0 unspecified atom stereocenters. The maximum absolute atomic E-state index is 15.2. The van der Waals surface area contributed by atoms with Gasteiger partial charge in [0.2, 0.25) is 5.82 Å². The summed E-state index contributed by atoms with van der Waals surface area (Å²) in [6.45, 7) is 29.8. The molecule has 0 spiro atoms. The average Bonchev–Trinajstić information content (AvgIpc) is 3.67. The van der Waals surface area contributed by atoms with Crippen molar-refractivity contribution in [3.8, 4) is 11.6 Å². The highest BCUT2D eigenvalue weighted by molar-refractivity contribution is 5.83. The lowest BCUT2D eigenvalue weighted by atomic mass is 10.2. The number of hydrogen-bond acceptors (Lipinski definition) is 7. The summed E-state index contributed by atoms with van der Waals surface area (Å²) in [5.74, 6) is -1.82. The summed E-state index contributed by atoms with van der Waals surface area (Å²) in [4.78, 5) is 12.7. The molecule has 0 amide bonds. The predicted octanol–water partition coefficient (Wildman–Crippen LogP) is 7.75. The van der Waals surface area contributed by atoms with Crippen LogP contribution in [0.15, 0.2) is 54.9 Å². The van der Waals surface area contributed by atoms with Crippen LogP contribution in [0, 0.1) is 25.5 Å². The largest absolute Gasteiger partial charge is 0.433 e. The van der Waals surface area contributed by atoms with Crippen molar-refractivity contribution >= 4 is 40.8 Å². The van der Waals surface area contributed by atoms with Crippen LogP contribution < -0.4 is 30.8 Å². The van der Waals surface area contributed by atoms with Gasteiger partial charge in [-0.1, -0.05) is 33.4 Å². The molecule has 2 N–H and O–H groups in total. The minimum Gasteiger partial charge on any atom is -0.433 e. The number of aryl methyl sites for hydroxylation is 3. The number of benzene rings is 2. The summed E-state index contributed by atoms with van der Waals surface area (Å²) < 4.78 is 40.2. The summed E-state index contributed by atoms with van der Waals surface area (Å²) >= 11 is 0. The Labute approximate surface area is 314 Å². The third-order valence-corrected chi connectivity index (χ3v) is 9.54. The number of halogens is 2. The normalized spacial score (nSPS) is 13.4. The van der Waals surface area contributed by atoms with Crippen molar-refractivity contribution < 1.29 is 13.5 Å². The molecule has 0 bridgehead atoms. The number of aromatic nitrogens is 4. The van der Waals surface area contributed by atoms with Gasteiger partial charge in [0.15, 0.2) is 17.4 Å². The molecule has 3 aromatic heterocycles. The van der Waals surface area contributed by atoms with Gasteiger partial charge in [-0.05, 0) is 114 Å². The zero-order chi connectivity index (χ0) is 38.5. The van der Waals surface area contributed by atoms with Crippen molar-refractivity contribution in [1.29, 1.82) is 0 Å². The first-order valence-corrected chi connectivity index (χ1v) is 18.9. The van der Waals surface area contributed by atoms with Crippen molar-refractivity contribution in [2.75, 3.05) is 56.0 Å². The second-order valence-corrected chi connectivity index (χ2v) is 13.0. The van der Waals surface area contributed by atoms with Gasteiger partial charge < -0.3 is 34.3 Å². The molecule has 0 radical (unpaired) electrons. The van der Waals surface area contributed by atoms with Gasteiger partial charge in [-0.2, -0.15) is 9.37 Å². The maximum Gasteiger partial charge on any atom is 0.261 e. The molecule has 2 aromatic carbocycles. The van der Waals surface area contributed by atoms with Crippen molar-refractivity contribution in [2.24, 2.45) is 0 Å². The molecule has 6 rings (SSSR count). The molecule has 9 nitrogen and oxygen atoms in total. The van der Waals surface area contributed by atoms with E-state index in [1.165, 1.54) is 29.7 Å². The fourth-order valence-electron chi connectivity index (χ4n) is 6.54. The predicted molar refractivity (Wildman–Crippen MR) is 217 cm³/mol. The molecule has 4 heterocycles.